The summed E-state index contributed by atoms with van der Waals surface area (Å²) < 4.78 is 21.7. The van der Waals surface area contributed by atoms with Crippen LogP contribution in [0.15, 0.2) is 28.4 Å². The maximum atomic E-state index is 11.0. The monoisotopic (exact) mass is 271 g/mol. The molecule has 0 aromatic heterocycles. The number of azide groups is 1. The second kappa shape index (κ2) is 5.17. The van der Waals surface area contributed by atoms with E-state index in [4.69, 9.17) is 15.7 Å². The molecule has 0 aromatic carbocycles. The Balaban J connectivity index is 3.68. The molecule has 18 heavy (non-hydrogen) atoms. The second-order valence-electron chi connectivity index (χ2n) is 3.02. The lowest BCUT2D eigenvalue weighted by Gasteiger charge is -2.16. The molecule has 1 atom stereocenters. The lowest BCUT2D eigenvalue weighted by molar-refractivity contribution is -0.135. The van der Waals surface area contributed by atoms with E-state index >= 15 is 0 Å². The van der Waals surface area contributed by atoms with Crippen molar-refractivity contribution in [1.29, 1.82) is 0 Å². The lowest BCUT2D eigenvalue weighted by atomic mass is 9.93. The summed E-state index contributed by atoms with van der Waals surface area (Å²) >= 11 is 0. The van der Waals surface area contributed by atoms with E-state index in [0.717, 1.165) is 12.2 Å². The van der Waals surface area contributed by atoms with Gasteiger partial charge in [0.15, 0.2) is 0 Å². The third-order valence-corrected chi connectivity index (χ3v) is 2.81. The predicted molar refractivity (Wildman–Crippen MR) is 58.3 cm³/mol. The van der Waals surface area contributed by atoms with Gasteiger partial charge in [0.25, 0.3) is 0 Å². The first-order chi connectivity index (χ1) is 8.40. The van der Waals surface area contributed by atoms with E-state index in [2.05, 4.69) is 10.0 Å². The minimum absolute atomic E-state index is 0.504. The molecule has 0 spiro atoms. The highest BCUT2D eigenvalue weighted by Gasteiger charge is 2.32. The van der Waals surface area contributed by atoms with E-state index in [1.807, 2.05) is 0 Å². The fourth-order valence-corrected chi connectivity index (χ4v) is 1.89. The van der Waals surface area contributed by atoms with Crippen LogP contribution in [0.5, 0.6) is 0 Å². The third-order valence-electron chi connectivity index (χ3n) is 2.07. The van der Waals surface area contributed by atoms with Crippen molar-refractivity contribution >= 4 is 27.1 Å². The largest absolute Gasteiger partial charge is 0.478 e. The number of rotatable bonds is 3. The topological polar surface area (TPSA) is 158 Å². The number of hydrogen-bond acceptors (Lipinski definition) is 5. The van der Waals surface area contributed by atoms with Gasteiger partial charge in [0.05, 0.1) is 16.0 Å². The summed E-state index contributed by atoms with van der Waals surface area (Å²) in [6, 6.07) is -1.69. The van der Waals surface area contributed by atoms with Gasteiger partial charge in [-0.2, -0.15) is 8.42 Å². The Morgan fingerprint density at radius 1 is 1.28 bits per heavy atom. The van der Waals surface area contributed by atoms with Gasteiger partial charge in [0.1, 0.15) is 6.04 Å². The van der Waals surface area contributed by atoms with Crippen LogP contribution in [0.25, 0.3) is 10.4 Å². The van der Waals surface area contributed by atoms with Gasteiger partial charge in [0, 0.05) is 4.91 Å². The van der Waals surface area contributed by atoms with Crippen LogP contribution in [-0.2, 0) is 19.9 Å². The molecule has 0 heterocycles. The van der Waals surface area contributed by atoms with Gasteiger partial charge < -0.3 is 10.2 Å². The zero-order chi connectivity index (χ0) is 13.9. The number of aliphatic carboxylic acids is 2. The average molecular weight is 271 g/mol. The first-order valence-electron chi connectivity index (χ1n) is 4.29. The van der Waals surface area contributed by atoms with Gasteiger partial charge in [-0.15, -0.1) is 0 Å². The summed E-state index contributed by atoms with van der Waals surface area (Å²) in [5.74, 6) is -3.23. The standard InChI is InChI=1S/C8H5N3O6S/c9-11-10-6-4(18(16)17)2-1-3(7(12)13)5(6)8(14)15/h1-2,6H,(H,12,13)(H,14,15). The maximum Gasteiger partial charge on any atom is 0.336 e. The SMILES string of the molecule is [N-]=[N+]=NC1C(C(=O)O)=C(C(=O)O)C=CC1=S(=O)=O. The van der Waals surface area contributed by atoms with Gasteiger partial charge in [-0.05, 0) is 17.7 Å². The van der Waals surface area contributed by atoms with Crippen molar-refractivity contribution in [2.45, 2.75) is 6.04 Å². The molecule has 1 aliphatic carbocycles. The highest BCUT2D eigenvalue weighted by Crippen LogP contribution is 2.21. The summed E-state index contributed by atoms with van der Waals surface area (Å²) in [6.07, 6.45) is 1.72. The molecule has 0 saturated heterocycles. The molecule has 1 rings (SSSR count). The Kier molecular flexibility index (Phi) is 3.87. The number of carbonyl (C=O) groups is 2. The van der Waals surface area contributed by atoms with E-state index in [1.165, 1.54) is 0 Å². The summed E-state index contributed by atoms with van der Waals surface area (Å²) in [5, 5.41) is 20.7. The van der Waals surface area contributed by atoms with Gasteiger partial charge in [0.2, 0.25) is 10.3 Å². The van der Waals surface area contributed by atoms with Crippen LogP contribution in [0.1, 0.15) is 0 Å². The predicted octanol–water partition coefficient (Wildman–Crippen LogP) is -0.248. The van der Waals surface area contributed by atoms with Gasteiger partial charge in [-0.1, -0.05) is 5.11 Å². The third kappa shape index (κ3) is 2.39. The highest BCUT2D eigenvalue weighted by atomic mass is 32.2. The van der Waals surface area contributed by atoms with Crippen LogP contribution in [0, 0.1) is 0 Å². The molecule has 10 heteroatoms. The van der Waals surface area contributed by atoms with Crippen LogP contribution in [0.4, 0.5) is 0 Å². The van der Waals surface area contributed by atoms with E-state index < -0.39 is 44.3 Å². The molecule has 1 unspecified atom stereocenters. The zero-order valence-electron chi connectivity index (χ0n) is 8.51. The van der Waals surface area contributed by atoms with Crippen LogP contribution >= 0.6 is 0 Å². The van der Waals surface area contributed by atoms with Crippen molar-refractivity contribution in [2.24, 2.45) is 5.11 Å². The molecule has 0 aromatic rings. The molecule has 0 bridgehead atoms. The van der Waals surface area contributed by atoms with Crippen LogP contribution < -0.4 is 0 Å². The smallest absolute Gasteiger partial charge is 0.336 e. The van der Waals surface area contributed by atoms with Crippen molar-refractivity contribution in [2.75, 3.05) is 0 Å². The fourth-order valence-electron chi connectivity index (χ4n) is 1.37. The lowest BCUT2D eigenvalue weighted by Crippen LogP contribution is -2.30. The number of carboxylic acid groups (broad SMARTS) is 2. The van der Waals surface area contributed by atoms with Gasteiger partial charge >= 0.3 is 11.9 Å². The minimum Gasteiger partial charge on any atom is -0.478 e. The number of nitrogens with zero attached hydrogens (tertiary/aromatic N) is 3. The normalized spacial score (nSPS) is 18.2. The molecule has 0 radical (unpaired) electrons. The molecule has 0 saturated carbocycles. The Bertz CT molecular complexity index is 657. The van der Waals surface area contributed by atoms with E-state index in [9.17, 15) is 18.0 Å². The van der Waals surface area contributed by atoms with Crippen LogP contribution in [0.3, 0.4) is 0 Å². The zero-order valence-corrected chi connectivity index (χ0v) is 9.33. The van der Waals surface area contributed by atoms with Crippen molar-refractivity contribution in [3.8, 4) is 0 Å². The summed E-state index contributed by atoms with van der Waals surface area (Å²) in [5.41, 5.74) is 6.88. The highest BCUT2D eigenvalue weighted by molar-refractivity contribution is 7.73. The Labute approximate surface area is 101 Å². The van der Waals surface area contributed by atoms with E-state index in [-0.39, 0.29) is 0 Å². The molecule has 0 aliphatic heterocycles. The average Bonchev–Trinajstić information content (AvgIpc) is 2.27. The molecular formula is C8H5N3O6S. The van der Waals surface area contributed by atoms with Crippen LogP contribution in [0.2, 0.25) is 0 Å². The van der Waals surface area contributed by atoms with Crippen LogP contribution in [-0.4, -0.2) is 41.5 Å². The quantitative estimate of drug-likeness (QED) is 0.312. The summed E-state index contributed by atoms with van der Waals surface area (Å²) in [6.45, 7) is 0. The van der Waals surface area contributed by atoms with Crippen molar-refractivity contribution in [3.63, 3.8) is 0 Å². The van der Waals surface area contributed by atoms with Crippen molar-refractivity contribution in [3.05, 3.63) is 33.7 Å². The van der Waals surface area contributed by atoms with E-state index in [1.54, 1.807) is 0 Å². The second-order valence-corrected chi connectivity index (χ2v) is 3.96. The molecule has 9 nitrogen and oxygen atoms in total. The molecule has 0 amide bonds. The first-order valence-corrected chi connectivity index (χ1v) is 5.36. The molecule has 94 valence electrons. The number of carboxylic acids is 2. The molecule has 2 N–H and O–H groups in total. The molecule has 0 fully saturated rings. The molecular weight excluding hydrogens is 266 g/mol. The fraction of sp³-hybridized carbons (Fsp3) is 0.125. The Morgan fingerprint density at radius 2 is 1.89 bits per heavy atom. The summed E-state index contributed by atoms with van der Waals surface area (Å²) in [4.78, 5) is 23.6. The summed E-state index contributed by atoms with van der Waals surface area (Å²) in [7, 11) is -2.82. The molecule has 1 aliphatic rings. The van der Waals surface area contributed by atoms with Crippen molar-refractivity contribution in [1.82, 2.24) is 0 Å². The first kappa shape index (κ1) is 13.5. The van der Waals surface area contributed by atoms with Gasteiger partial charge in [-0.25, -0.2) is 9.59 Å². The van der Waals surface area contributed by atoms with Gasteiger partial charge in [-0.3, -0.25) is 0 Å². The van der Waals surface area contributed by atoms with E-state index in [0.29, 0.717) is 0 Å². The Hall–Kier alpha value is -2.58. The Morgan fingerprint density at radius 3 is 2.28 bits per heavy atom. The van der Waals surface area contributed by atoms with Crippen molar-refractivity contribution < 1.29 is 28.2 Å². The maximum absolute atomic E-state index is 11.0. The minimum atomic E-state index is -2.82. The number of hydrogen-bond donors (Lipinski definition) is 2.